The Morgan fingerprint density at radius 3 is 1.63 bits per heavy atom. The number of nitrogens with one attached hydrogen (secondary N) is 2. The van der Waals surface area contributed by atoms with Gasteiger partial charge in [-0.15, -0.1) is 22.7 Å². The molecule has 2 N–H and O–H groups in total. The molecule has 0 saturated carbocycles. The first kappa shape index (κ1) is 21.6. The Hall–Kier alpha value is -1.74. The summed E-state index contributed by atoms with van der Waals surface area (Å²) in [5.41, 5.74) is 4.95. The smallest absolute Gasteiger partial charge is 0.240 e. The van der Waals surface area contributed by atoms with Crippen LogP contribution in [-0.2, 0) is 9.59 Å². The van der Waals surface area contributed by atoms with E-state index >= 15 is 0 Å². The fraction of sp³-hybridized carbons (Fsp3) is 0.294. The summed E-state index contributed by atoms with van der Waals surface area (Å²) < 4.78 is 1.35. The van der Waals surface area contributed by atoms with Crippen LogP contribution in [0, 0.1) is 0 Å². The fourth-order valence-corrected chi connectivity index (χ4v) is 3.86. The van der Waals surface area contributed by atoms with Gasteiger partial charge in [0.05, 0.1) is 21.1 Å². The van der Waals surface area contributed by atoms with E-state index in [1.165, 1.54) is 22.7 Å². The predicted molar refractivity (Wildman–Crippen MR) is 113 cm³/mol. The third kappa shape index (κ3) is 9.14. The number of nitrogens with zero attached hydrogens (tertiary/aromatic N) is 2. The molecule has 2 aromatic rings. The number of halogens is 2. The van der Waals surface area contributed by atoms with E-state index < -0.39 is 0 Å². The van der Waals surface area contributed by atoms with E-state index in [9.17, 15) is 9.59 Å². The summed E-state index contributed by atoms with van der Waals surface area (Å²) in [5, 5.41) is 7.76. The van der Waals surface area contributed by atoms with E-state index in [1.807, 2.05) is 12.1 Å². The highest BCUT2D eigenvalue weighted by atomic mass is 35.5. The quantitative estimate of drug-likeness (QED) is 0.317. The molecule has 0 aliphatic carbocycles. The average molecular weight is 445 g/mol. The van der Waals surface area contributed by atoms with Crippen molar-refractivity contribution in [3.05, 3.63) is 42.7 Å². The summed E-state index contributed by atoms with van der Waals surface area (Å²) in [5.74, 6) is -0.310. The van der Waals surface area contributed by atoms with Crippen molar-refractivity contribution < 1.29 is 9.59 Å². The largest absolute Gasteiger partial charge is 0.273 e. The molecule has 10 heteroatoms. The van der Waals surface area contributed by atoms with E-state index in [0.717, 1.165) is 16.2 Å². The average Bonchev–Trinajstić information content (AvgIpc) is 3.23. The van der Waals surface area contributed by atoms with Gasteiger partial charge in [-0.25, -0.2) is 10.9 Å². The van der Waals surface area contributed by atoms with Crippen molar-refractivity contribution in [1.82, 2.24) is 10.9 Å². The molecule has 0 bridgehead atoms. The van der Waals surface area contributed by atoms with Crippen LogP contribution in [0.15, 0.2) is 34.5 Å². The summed E-state index contributed by atoms with van der Waals surface area (Å²) in [4.78, 5) is 25.1. The highest BCUT2D eigenvalue weighted by Crippen LogP contribution is 2.20. The molecule has 0 radical (unpaired) electrons. The Morgan fingerprint density at radius 2 is 1.26 bits per heavy atom. The molecule has 2 amide bonds. The molecule has 2 rings (SSSR count). The first-order valence-corrected chi connectivity index (χ1v) is 10.6. The van der Waals surface area contributed by atoms with Crippen molar-refractivity contribution in [2.45, 2.75) is 32.1 Å². The second-order valence-electron chi connectivity index (χ2n) is 5.43. The molecule has 0 aliphatic rings. The number of hydrogen-bond acceptors (Lipinski definition) is 6. The predicted octanol–water partition coefficient (Wildman–Crippen LogP) is 4.67. The topological polar surface area (TPSA) is 82.9 Å². The summed E-state index contributed by atoms with van der Waals surface area (Å²) in [6.45, 7) is 0. The second kappa shape index (κ2) is 11.9. The SMILES string of the molecule is O=C(CCCCCC(=O)NN=Cc1ccc(Cl)s1)NN=Cc1ccc(Cl)s1. The number of thiophene rings is 2. The van der Waals surface area contributed by atoms with Crippen LogP contribution in [0.25, 0.3) is 0 Å². The standard InChI is InChI=1S/C17H18Cl2N4O2S2/c18-14-8-6-12(26-14)10-20-22-16(24)4-2-1-3-5-17(25)23-21-11-13-7-9-15(19)27-13/h6-11H,1-5H2,(H,22,24)(H,23,25). The maximum atomic E-state index is 11.7. The van der Waals surface area contributed by atoms with Gasteiger partial charge in [0.1, 0.15) is 0 Å². The number of hydrazone groups is 2. The lowest BCUT2D eigenvalue weighted by Gasteiger charge is -2.01. The molecule has 0 unspecified atom stereocenters. The molecule has 2 aromatic heterocycles. The molecular formula is C17H18Cl2N4O2S2. The zero-order valence-electron chi connectivity index (χ0n) is 14.3. The molecule has 144 valence electrons. The lowest BCUT2D eigenvalue weighted by molar-refractivity contribution is -0.121. The van der Waals surface area contributed by atoms with E-state index in [1.54, 1.807) is 24.6 Å². The van der Waals surface area contributed by atoms with E-state index in [4.69, 9.17) is 23.2 Å². The van der Waals surface area contributed by atoms with Gasteiger partial charge in [-0.2, -0.15) is 10.2 Å². The first-order valence-electron chi connectivity index (χ1n) is 8.17. The van der Waals surface area contributed by atoms with E-state index in [0.29, 0.717) is 34.4 Å². The van der Waals surface area contributed by atoms with Crippen molar-refractivity contribution in [3.8, 4) is 0 Å². The van der Waals surface area contributed by atoms with Gasteiger partial charge in [0.2, 0.25) is 11.8 Å². The highest BCUT2D eigenvalue weighted by Gasteiger charge is 2.03. The third-order valence-electron chi connectivity index (χ3n) is 3.26. The van der Waals surface area contributed by atoms with Crippen molar-refractivity contribution in [1.29, 1.82) is 0 Å². The number of amides is 2. The number of hydrogen-bond donors (Lipinski definition) is 2. The molecule has 27 heavy (non-hydrogen) atoms. The van der Waals surface area contributed by atoms with Crippen molar-refractivity contribution in [3.63, 3.8) is 0 Å². The van der Waals surface area contributed by atoms with Crippen LogP contribution >= 0.6 is 45.9 Å². The lowest BCUT2D eigenvalue weighted by Crippen LogP contribution is -2.18. The number of rotatable bonds is 10. The minimum atomic E-state index is -0.155. The molecule has 6 nitrogen and oxygen atoms in total. The molecular weight excluding hydrogens is 427 g/mol. The number of carbonyl (C=O) groups excluding carboxylic acids is 2. The zero-order chi connectivity index (χ0) is 19.5. The van der Waals surface area contributed by atoms with Gasteiger partial charge in [-0.1, -0.05) is 29.6 Å². The van der Waals surface area contributed by atoms with Gasteiger partial charge in [0.25, 0.3) is 0 Å². The minimum Gasteiger partial charge on any atom is -0.273 e. The maximum absolute atomic E-state index is 11.7. The molecule has 0 fully saturated rings. The van der Waals surface area contributed by atoms with Crippen LogP contribution in [0.2, 0.25) is 8.67 Å². The summed E-state index contributed by atoms with van der Waals surface area (Å²) in [7, 11) is 0. The van der Waals surface area contributed by atoms with Gasteiger partial charge in [0.15, 0.2) is 0 Å². The normalized spacial score (nSPS) is 11.3. The monoisotopic (exact) mass is 444 g/mol. The van der Waals surface area contributed by atoms with E-state index in [2.05, 4.69) is 21.1 Å². The maximum Gasteiger partial charge on any atom is 0.240 e. The molecule has 0 aromatic carbocycles. The molecule has 2 heterocycles. The highest BCUT2D eigenvalue weighted by molar-refractivity contribution is 7.18. The van der Waals surface area contributed by atoms with Crippen LogP contribution in [0.3, 0.4) is 0 Å². The van der Waals surface area contributed by atoms with Crippen LogP contribution in [0.1, 0.15) is 41.9 Å². The van der Waals surface area contributed by atoms with Crippen LogP contribution < -0.4 is 10.9 Å². The van der Waals surface area contributed by atoms with Gasteiger partial charge >= 0.3 is 0 Å². The summed E-state index contributed by atoms with van der Waals surface area (Å²) in [6, 6.07) is 7.20. The second-order valence-corrected chi connectivity index (χ2v) is 8.92. The molecule has 0 aliphatic heterocycles. The van der Waals surface area contributed by atoms with Gasteiger partial charge in [-0.3, -0.25) is 9.59 Å². The van der Waals surface area contributed by atoms with Gasteiger partial charge < -0.3 is 0 Å². The lowest BCUT2D eigenvalue weighted by atomic mass is 10.1. The van der Waals surface area contributed by atoms with Crippen molar-refractivity contribution >= 4 is 70.1 Å². The fourth-order valence-electron chi connectivity index (χ4n) is 1.99. The Labute approximate surface area is 175 Å². The Morgan fingerprint density at radius 1 is 0.815 bits per heavy atom. The van der Waals surface area contributed by atoms with Crippen LogP contribution in [-0.4, -0.2) is 24.2 Å². The van der Waals surface area contributed by atoms with Crippen molar-refractivity contribution in [2.75, 3.05) is 0 Å². The molecule has 0 spiro atoms. The minimum absolute atomic E-state index is 0.155. The van der Waals surface area contributed by atoms with E-state index in [-0.39, 0.29) is 11.8 Å². The number of carbonyl (C=O) groups is 2. The Bertz CT molecular complexity index is 751. The van der Waals surface area contributed by atoms with Gasteiger partial charge in [-0.05, 0) is 37.1 Å². The zero-order valence-corrected chi connectivity index (χ0v) is 17.4. The van der Waals surface area contributed by atoms with Gasteiger partial charge in [0, 0.05) is 22.6 Å². The summed E-state index contributed by atoms with van der Waals surface area (Å²) >= 11 is 14.4. The Kier molecular flexibility index (Phi) is 9.47. The third-order valence-corrected chi connectivity index (χ3v) is 5.59. The Balaban J connectivity index is 1.50. The first-order chi connectivity index (χ1) is 13.0. The number of unbranched alkanes of at least 4 members (excludes halogenated alkanes) is 2. The molecule has 0 atom stereocenters. The van der Waals surface area contributed by atoms with Crippen LogP contribution in [0.4, 0.5) is 0 Å². The van der Waals surface area contributed by atoms with Crippen LogP contribution in [0.5, 0.6) is 0 Å². The van der Waals surface area contributed by atoms with Crippen molar-refractivity contribution in [2.24, 2.45) is 10.2 Å². The summed E-state index contributed by atoms with van der Waals surface area (Å²) in [6.07, 6.45) is 6.00. The molecule has 0 saturated heterocycles.